The number of hydrogen-bond donors (Lipinski definition) is 0. The topological polar surface area (TPSA) is 52.6 Å². The van der Waals surface area contributed by atoms with E-state index in [9.17, 15) is 9.59 Å². The molecule has 0 rings (SSSR count). The van der Waals surface area contributed by atoms with Crippen LogP contribution in [0.25, 0.3) is 0 Å². The SMILES string of the molecule is CCCCC(C(=O)OCC)(C(=O)OCC)C(C)CC. The molecule has 4 nitrogen and oxygen atoms in total. The molecule has 112 valence electrons. The van der Waals surface area contributed by atoms with Crippen molar-refractivity contribution in [1.29, 1.82) is 0 Å². The molecule has 1 atom stereocenters. The number of carbonyl (C=O) groups is 2. The van der Waals surface area contributed by atoms with E-state index in [0.717, 1.165) is 19.3 Å². The fourth-order valence-corrected chi connectivity index (χ4v) is 2.26. The molecule has 19 heavy (non-hydrogen) atoms. The normalized spacial score (nSPS) is 12.9. The summed E-state index contributed by atoms with van der Waals surface area (Å²) in [5.74, 6) is -0.954. The van der Waals surface area contributed by atoms with Crippen LogP contribution in [0.15, 0.2) is 0 Å². The summed E-state index contributed by atoms with van der Waals surface area (Å²) in [6.07, 6.45) is 2.97. The van der Waals surface area contributed by atoms with Crippen LogP contribution in [0.4, 0.5) is 0 Å². The maximum absolute atomic E-state index is 12.4. The summed E-state index contributed by atoms with van der Waals surface area (Å²) < 4.78 is 10.3. The summed E-state index contributed by atoms with van der Waals surface area (Å²) in [6, 6.07) is 0. The Balaban J connectivity index is 5.42. The zero-order valence-electron chi connectivity index (χ0n) is 13.0. The monoisotopic (exact) mass is 272 g/mol. The summed E-state index contributed by atoms with van der Waals surface area (Å²) in [7, 11) is 0. The molecular formula is C15H28O4. The van der Waals surface area contributed by atoms with Gasteiger partial charge in [0.15, 0.2) is 5.41 Å². The molecule has 0 aromatic carbocycles. The lowest BCUT2D eigenvalue weighted by atomic mass is 9.71. The van der Waals surface area contributed by atoms with Crippen LogP contribution in [0, 0.1) is 11.3 Å². The molecule has 0 aliphatic carbocycles. The second-order valence-corrected chi connectivity index (χ2v) is 4.83. The van der Waals surface area contributed by atoms with E-state index in [1.165, 1.54) is 0 Å². The largest absolute Gasteiger partial charge is 0.465 e. The summed E-state index contributed by atoms with van der Waals surface area (Å²) in [5.41, 5.74) is -1.14. The quantitative estimate of drug-likeness (QED) is 0.477. The van der Waals surface area contributed by atoms with Crippen molar-refractivity contribution >= 4 is 11.9 Å². The van der Waals surface area contributed by atoms with Crippen molar-refractivity contribution in [2.24, 2.45) is 11.3 Å². The van der Waals surface area contributed by atoms with Crippen LogP contribution >= 0.6 is 0 Å². The van der Waals surface area contributed by atoms with E-state index in [4.69, 9.17) is 9.47 Å². The maximum atomic E-state index is 12.4. The highest BCUT2D eigenvalue weighted by molar-refractivity contribution is 6.00. The molecular weight excluding hydrogens is 244 g/mol. The molecule has 0 saturated carbocycles. The van der Waals surface area contributed by atoms with Crippen molar-refractivity contribution in [3.05, 3.63) is 0 Å². The summed E-state index contributed by atoms with van der Waals surface area (Å²) in [6.45, 7) is 10.0. The third-order valence-corrected chi connectivity index (χ3v) is 3.66. The Morgan fingerprint density at radius 3 is 1.79 bits per heavy atom. The van der Waals surface area contributed by atoms with Crippen LogP contribution in [0.3, 0.4) is 0 Å². The van der Waals surface area contributed by atoms with E-state index in [0.29, 0.717) is 6.42 Å². The van der Waals surface area contributed by atoms with Gasteiger partial charge in [-0.3, -0.25) is 9.59 Å². The molecule has 0 radical (unpaired) electrons. The lowest BCUT2D eigenvalue weighted by Crippen LogP contribution is -2.47. The van der Waals surface area contributed by atoms with Crippen molar-refractivity contribution in [3.63, 3.8) is 0 Å². The van der Waals surface area contributed by atoms with Gasteiger partial charge < -0.3 is 9.47 Å². The van der Waals surface area contributed by atoms with Gasteiger partial charge in [-0.15, -0.1) is 0 Å². The maximum Gasteiger partial charge on any atom is 0.323 e. The third-order valence-electron chi connectivity index (χ3n) is 3.66. The van der Waals surface area contributed by atoms with Gasteiger partial charge in [0, 0.05) is 0 Å². The van der Waals surface area contributed by atoms with Crippen LogP contribution in [0.1, 0.15) is 60.3 Å². The lowest BCUT2D eigenvalue weighted by molar-refractivity contribution is -0.177. The van der Waals surface area contributed by atoms with Gasteiger partial charge in [0.25, 0.3) is 0 Å². The molecule has 1 unspecified atom stereocenters. The minimum absolute atomic E-state index is 0.0860. The Bertz CT molecular complexity index is 268. The molecule has 4 heteroatoms. The second-order valence-electron chi connectivity index (χ2n) is 4.83. The van der Waals surface area contributed by atoms with E-state index >= 15 is 0 Å². The van der Waals surface area contributed by atoms with Crippen LogP contribution < -0.4 is 0 Å². The van der Waals surface area contributed by atoms with Gasteiger partial charge in [-0.2, -0.15) is 0 Å². The highest BCUT2D eigenvalue weighted by atomic mass is 16.6. The average Bonchev–Trinajstić information content (AvgIpc) is 2.39. The molecule has 0 heterocycles. The molecule has 0 bridgehead atoms. The average molecular weight is 272 g/mol. The van der Waals surface area contributed by atoms with Crippen LogP contribution in [-0.4, -0.2) is 25.2 Å². The zero-order valence-corrected chi connectivity index (χ0v) is 13.0. The highest BCUT2D eigenvalue weighted by Gasteiger charge is 2.51. The second kappa shape index (κ2) is 8.94. The Labute approximate surface area is 116 Å². The summed E-state index contributed by atoms with van der Waals surface area (Å²) in [4.78, 5) is 24.7. The molecule has 0 aliphatic heterocycles. The van der Waals surface area contributed by atoms with Crippen molar-refractivity contribution < 1.29 is 19.1 Å². The number of ether oxygens (including phenoxy) is 2. The molecule has 0 fully saturated rings. The van der Waals surface area contributed by atoms with Gasteiger partial charge in [0.05, 0.1) is 13.2 Å². The number of esters is 2. The predicted octanol–water partition coefficient (Wildman–Crippen LogP) is 3.34. The first-order valence-electron chi connectivity index (χ1n) is 7.35. The molecule has 0 amide bonds. The van der Waals surface area contributed by atoms with Gasteiger partial charge in [-0.1, -0.05) is 40.0 Å². The van der Waals surface area contributed by atoms with Crippen molar-refractivity contribution in [2.45, 2.75) is 60.3 Å². The Hall–Kier alpha value is -1.06. The molecule has 0 aliphatic rings. The van der Waals surface area contributed by atoms with Gasteiger partial charge in [0.2, 0.25) is 0 Å². The first-order valence-corrected chi connectivity index (χ1v) is 7.35. The molecule has 0 N–H and O–H groups in total. The molecule has 0 aromatic heterocycles. The standard InChI is InChI=1S/C15H28O4/c1-6-10-11-15(12(5)7-2,13(16)18-8-3)14(17)19-9-4/h12H,6-11H2,1-5H3. The van der Waals surface area contributed by atoms with Crippen molar-refractivity contribution in [1.82, 2.24) is 0 Å². The molecule has 0 spiro atoms. The summed E-state index contributed by atoms with van der Waals surface area (Å²) in [5, 5.41) is 0. The van der Waals surface area contributed by atoms with Crippen LogP contribution in [0.2, 0.25) is 0 Å². The summed E-state index contributed by atoms with van der Waals surface area (Å²) >= 11 is 0. The third kappa shape index (κ3) is 4.22. The number of hydrogen-bond acceptors (Lipinski definition) is 4. The fourth-order valence-electron chi connectivity index (χ4n) is 2.26. The van der Waals surface area contributed by atoms with E-state index < -0.39 is 17.4 Å². The van der Waals surface area contributed by atoms with E-state index in [-0.39, 0.29) is 19.1 Å². The number of unbranched alkanes of at least 4 members (excludes halogenated alkanes) is 1. The van der Waals surface area contributed by atoms with E-state index in [1.54, 1.807) is 13.8 Å². The van der Waals surface area contributed by atoms with E-state index in [1.807, 2.05) is 20.8 Å². The minimum atomic E-state index is -1.14. The first-order chi connectivity index (χ1) is 9.00. The van der Waals surface area contributed by atoms with Crippen molar-refractivity contribution in [2.75, 3.05) is 13.2 Å². The van der Waals surface area contributed by atoms with Crippen molar-refractivity contribution in [3.8, 4) is 0 Å². The van der Waals surface area contributed by atoms with Gasteiger partial charge in [-0.25, -0.2) is 0 Å². The highest BCUT2D eigenvalue weighted by Crippen LogP contribution is 2.38. The Morgan fingerprint density at radius 1 is 1.00 bits per heavy atom. The van der Waals surface area contributed by atoms with Gasteiger partial charge >= 0.3 is 11.9 Å². The van der Waals surface area contributed by atoms with E-state index in [2.05, 4.69) is 0 Å². The number of carbonyl (C=O) groups excluding carboxylic acids is 2. The van der Waals surface area contributed by atoms with Crippen LogP contribution in [0.5, 0.6) is 0 Å². The first kappa shape index (κ1) is 17.9. The lowest BCUT2D eigenvalue weighted by Gasteiger charge is -2.34. The zero-order chi connectivity index (χ0) is 14.9. The number of rotatable bonds is 9. The fraction of sp³-hybridized carbons (Fsp3) is 0.867. The molecule has 0 saturated heterocycles. The van der Waals surface area contributed by atoms with Crippen LogP contribution in [-0.2, 0) is 19.1 Å². The predicted molar refractivity (Wildman–Crippen MR) is 74.7 cm³/mol. The minimum Gasteiger partial charge on any atom is -0.465 e. The Kier molecular flexibility index (Phi) is 8.44. The van der Waals surface area contributed by atoms with Gasteiger partial charge in [-0.05, 0) is 26.2 Å². The molecule has 0 aromatic rings. The smallest absolute Gasteiger partial charge is 0.323 e. The Morgan fingerprint density at radius 2 is 1.47 bits per heavy atom. The van der Waals surface area contributed by atoms with Gasteiger partial charge in [0.1, 0.15) is 0 Å².